The molecule has 0 saturated carbocycles. The maximum Gasteiger partial charge on any atom is 0.306 e. The number of hydrogen-bond donors (Lipinski definition) is 1. The highest BCUT2D eigenvalue weighted by molar-refractivity contribution is 5.20. The molecule has 0 aliphatic rings. The minimum absolute atomic E-state index is 0.0258. The summed E-state index contributed by atoms with van der Waals surface area (Å²) >= 11 is 0. The second-order valence-corrected chi connectivity index (χ2v) is 4.44. The number of nitro groups is 1. The molecule has 0 spiro atoms. The van der Waals surface area contributed by atoms with Crippen molar-refractivity contribution in [2.45, 2.75) is 19.3 Å². The third kappa shape index (κ3) is 4.33. The average Bonchev–Trinajstić information content (AvgIpc) is 2.89. The van der Waals surface area contributed by atoms with Gasteiger partial charge >= 0.3 is 5.69 Å². The molecule has 2 aromatic rings. The summed E-state index contributed by atoms with van der Waals surface area (Å²) in [6, 6.07) is 6.20. The summed E-state index contributed by atoms with van der Waals surface area (Å²) in [6.45, 7) is 0.0795. The average molecular weight is 295 g/mol. The van der Waals surface area contributed by atoms with Gasteiger partial charge in [-0.1, -0.05) is 18.2 Å². The van der Waals surface area contributed by atoms with E-state index < -0.39 is 11.0 Å². The van der Waals surface area contributed by atoms with Crippen LogP contribution in [0, 0.1) is 15.9 Å². The molecule has 21 heavy (non-hydrogen) atoms. The van der Waals surface area contributed by atoms with Crippen LogP contribution >= 0.6 is 0 Å². The predicted molar refractivity (Wildman–Crippen MR) is 70.9 cm³/mol. The quantitative estimate of drug-likeness (QED) is 0.617. The standard InChI is InChI=1S/C13H14FN3O4/c14-13-4-2-1-3-10(13)8-21-9-12(18)7-16-6-11(5-15-16)17(19)20/h1-6,12,18H,7-9H2. The number of aliphatic hydroxyl groups excluding tert-OH is 1. The predicted octanol–water partition coefficient (Wildman–Crippen LogP) is 1.51. The van der Waals surface area contributed by atoms with Crippen molar-refractivity contribution in [1.82, 2.24) is 9.78 Å². The topological polar surface area (TPSA) is 90.4 Å². The van der Waals surface area contributed by atoms with E-state index in [2.05, 4.69) is 5.10 Å². The van der Waals surface area contributed by atoms with Gasteiger partial charge in [-0.15, -0.1) is 0 Å². The van der Waals surface area contributed by atoms with E-state index >= 15 is 0 Å². The molecule has 112 valence electrons. The Kier molecular flexibility index (Phi) is 4.96. The van der Waals surface area contributed by atoms with Gasteiger partial charge in [0.05, 0.1) is 30.8 Å². The van der Waals surface area contributed by atoms with E-state index in [9.17, 15) is 19.6 Å². The van der Waals surface area contributed by atoms with Gasteiger partial charge in [-0.25, -0.2) is 4.39 Å². The van der Waals surface area contributed by atoms with Crippen molar-refractivity contribution in [3.8, 4) is 0 Å². The Morgan fingerprint density at radius 1 is 1.48 bits per heavy atom. The molecule has 1 unspecified atom stereocenters. The number of aliphatic hydroxyl groups is 1. The summed E-state index contributed by atoms with van der Waals surface area (Å²) in [5, 5.41) is 24.0. The first kappa shape index (κ1) is 15.1. The third-order valence-electron chi connectivity index (χ3n) is 2.75. The van der Waals surface area contributed by atoms with Crippen molar-refractivity contribution in [3.63, 3.8) is 0 Å². The highest BCUT2D eigenvalue weighted by atomic mass is 19.1. The van der Waals surface area contributed by atoms with Crippen LogP contribution in [0.5, 0.6) is 0 Å². The van der Waals surface area contributed by atoms with Crippen LogP contribution in [0.1, 0.15) is 5.56 Å². The molecule has 0 radical (unpaired) electrons. The van der Waals surface area contributed by atoms with E-state index in [1.54, 1.807) is 18.2 Å². The van der Waals surface area contributed by atoms with Crippen molar-refractivity contribution in [3.05, 3.63) is 58.2 Å². The largest absolute Gasteiger partial charge is 0.389 e. The van der Waals surface area contributed by atoms with Gasteiger partial charge in [0.2, 0.25) is 0 Å². The van der Waals surface area contributed by atoms with E-state index in [1.807, 2.05) is 0 Å². The van der Waals surface area contributed by atoms with Crippen LogP contribution in [0.2, 0.25) is 0 Å². The molecule has 0 amide bonds. The molecule has 1 heterocycles. The summed E-state index contributed by atoms with van der Waals surface area (Å²) in [6.07, 6.45) is 1.43. The van der Waals surface area contributed by atoms with E-state index in [1.165, 1.54) is 16.9 Å². The van der Waals surface area contributed by atoms with Gasteiger partial charge in [-0.3, -0.25) is 14.8 Å². The molecule has 0 aliphatic heterocycles. The van der Waals surface area contributed by atoms with Crippen molar-refractivity contribution in [2.75, 3.05) is 6.61 Å². The Morgan fingerprint density at radius 3 is 2.90 bits per heavy atom. The Labute approximate surface area is 119 Å². The maximum absolute atomic E-state index is 13.3. The fraction of sp³-hybridized carbons (Fsp3) is 0.308. The highest BCUT2D eigenvalue weighted by Gasteiger charge is 2.12. The maximum atomic E-state index is 13.3. The first-order chi connectivity index (χ1) is 10.1. The minimum atomic E-state index is -0.892. The zero-order valence-electron chi connectivity index (χ0n) is 11.1. The van der Waals surface area contributed by atoms with Crippen LogP contribution in [0.4, 0.5) is 10.1 Å². The molecule has 7 nitrogen and oxygen atoms in total. The van der Waals surface area contributed by atoms with Crippen molar-refractivity contribution in [1.29, 1.82) is 0 Å². The lowest BCUT2D eigenvalue weighted by Crippen LogP contribution is -2.22. The number of nitrogens with zero attached hydrogens (tertiary/aromatic N) is 3. The number of hydrogen-bond acceptors (Lipinski definition) is 5. The molecule has 8 heteroatoms. The molecular weight excluding hydrogens is 281 g/mol. The molecule has 0 saturated heterocycles. The fourth-order valence-electron chi connectivity index (χ4n) is 1.74. The lowest BCUT2D eigenvalue weighted by molar-refractivity contribution is -0.385. The Hall–Kier alpha value is -2.32. The summed E-state index contributed by atoms with van der Waals surface area (Å²) in [5.41, 5.74) is 0.258. The Balaban J connectivity index is 1.78. The van der Waals surface area contributed by atoms with Gasteiger partial charge in [0.25, 0.3) is 0 Å². The van der Waals surface area contributed by atoms with Crippen molar-refractivity contribution >= 4 is 5.69 Å². The van der Waals surface area contributed by atoms with Crippen LogP contribution in [0.3, 0.4) is 0 Å². The number of ether oxygens (including phenoxy) is 1. The van der Waals surface area contributed by atoms with Gasteiger partial charge in [0.15, 0.2) is 0 Å². The molecule has 0 aliphatic carbocycles. The lowest BCUT2D eigenvalue weighted by Gasteiger charge is -2.11. The Morgan fingerprint density at radius 2 is 2.24 bits per heavy atom. The van der Waals surface area contributed by atoms with Gasteiger partial charge in [-0.2, -0.15) is 5.10 Å². The summed E-state index contributed by atoms with van der Waals surface area (Å²) in [7, 11) is 0. The molecule has 1 aromatic heterocycles. The monoisotopic (exact) mass is 295 g/mol. The van der Waals surface area contributed by atoms with Crippen molar-refractivity contribution in [2.24, 2.45) is 0 Å². The Bertz CT molecular complexity index is 617. The molecule has 1 aromatic carbocycles. The van der Waals surface area contributed by atoms with Gasteiger partial charge < -0.3 is 9.84 Å². The van der Waals surface area contributed by atoms with E-state index in [0.29, 0.717) is 5.56 Å². The van der Waals surface area contributed by atoms with Crippen LogP contribution in [0.25, 0.3) is 0 Å². The van der Waals surface area contributed by atoms with Crippen LogP contribution in [-0.2, 0) is 17.9 Å². The molecule has 1 atom stereocenters. The first-order valence-corrected chi connectivity index (χ1v) is 6.22. The SMILES string of the molecule is O=[N+]([O-])c1cnn(CC(O)COCc2ccccc2F)c1. The molecule has 2 rings (SSSR count). The molecular formula is C13H14FN3O4. The van der Waals surface area contributed by atoms with Gasteiger partial charge in [0.1, 0.15) is 18.2 Å². The second-order valence-electron chi connectivity index (χ2n) is 4.44. The lowest BCUT2D eigenvalue weighted by atomic mass is 10.2. The first-order valence-electron chi connectivity index (χ1n) is 6.22. The zero-order valence-corrected chi connectivity index (χ0v) is 11.1. The summed E-state index contributed by atoms with van der Waals surface area (Å²) < 4.78 is 19.8. The smallest absolute Gasteiger partial charge is 0.306 e. The van der Waals surface area contributed by atoms with Crippen LogP contribution in [-0.4, -0.2) is 32.5 Å². The van der Waals surface area contributed by atoms with Gasteiger partial charge in [0, 0.05) is 5.56 Å². The van der Waals surface area contributed by atoms with Crippen molar-refractivity contribution < 1.29 is 19.2 Å². The zero-order chi connectivity index (χ0) is 15.2. The number of rotatable bonds is 7. The number of halogens is 1. The molecule has 0 bridgehead atoms. The molecule has 1 N–H and O–H groups in total. The van der Waals surface area contributed by atoms with E-state index in [4.69, 9.17) is 4.74 Å². The van der Waals surface area contributed by atoms with E-state index in [-0.39, 0.29) is 31.3 Å². The molecule has 0 fully saturated rings. The van der Waals surface area contributed by atoms with E-state index in [0.717, 1.165) is 6.20 Å². The number of benzene rings is 1. The van der Waals surface area contributed by atoms with Gasteiger partial charge in [-0.05, 0) is 6.07 Å². The second kappa shape index (κ2) is 6.91. The highest BCUT2D eigenvalue weighted by Crippen LogP contribution is 2.10. The normalized spacial score (nSPS) is 12.3. The van der Waals surface area contributed by atoms with Crippen LogP contribution in [0.15, 0.2) is 36.7 Å². The number of aromatic nitrogens is 2. The van der Waals surface area contributed by atoms with Crippen LogP contribution < -0.4 is 0 Å². The summed E-state index contributed by atoms with van der Waals surface area (Å²) in [5.74, 6) is -0.366. The summed E-state index contributed by atoms with van der Waals surface area (Å²) in [4.78, 5) is 9.93. The minimum Gasteiger partial charge on any atom is -0.389 e. The third-order valence-corrected chi connectivity index (χ3v) is 2.75. The fourth-order valence-corrected chi connectivity index (χ4v) is 1.74.